The number of H-pyrrole nitrogens is 2. The number of thiol groups is 1. The fourth-order valence-electron chi connectivity index (χ4n) is 6.62. The zero-order valence-corrected chi connectivity index (χ0v) is 30.0. The number of nitrogens with zero attached hydrogens (tertiary/aromatic N) is 2. The van der Waals surface area contributed by atoms with E-state index < -0.39 is 59.8 Å². The number of aromatic nitrogens is 2. The number of likely N-dealkylation sites (tertiary alicyclic amines) is 1. The average molecular weight is 747 g/mol. The minimum Gasteiger partial charge on any atom is -0.480 e. The highest BCUT2D eigenvalue weighted by Gasteiger charge is 2.40. The molecule has 282 valence electrons. The van der Waals surface area contributed by atoms with Gasteiger partial charge in [0.05, 0.1) is 6.04 Å². The van der Waals surface area contributed by atoms with Gasteiger partial charge in [0.2, 0.25) is 23.6 Å². The lowest BCUT2D eigenvalue weighted by atomic mass is 10.0. The molecule has 3 heterocycles. The first kappa shape index (κ1) is 38.7. The topological polar surface area (TPSA) is 267 Å². The van der Waals surface area contributed by atoms with Gasteiger partial charge in [0.1, 0.15) is 24.2 Å². The summed E-state index contributed by atoms with van der Waals surface area (Å²) in [6, 6.07) is 9.58. The Balaban J connectivity index is 1.37. The van der Waals surface area contributed by atoms with Gasteiger partial charge in [-0.15, -0.1) is 0 Å². The molecule has 0 spiro atoms. The predicted octanol–water partition coefficient (Wildman–Crippen LogP) is 0.275. The summed E-state index contributed by atoms with van der Waals surface area (Å²) in [7, 11) is 0. The molecular weight excluding hydrogens is 701 g/mol. The lowest BCUT2D eigenvalue weighted by Gasteiger charge is -2.30. The van der Waals surface area contributed by atoms with E-state index in [9.17, 15) is 29.1 Å². The number of carboxylic acid groups (broad SMARTS) is 1. The van der Waals surface area contributed by atoms with Crippen LogP contribution in [0.15, 0.2) is 65.9 Å². The summed E-state index contributed by atoms with van der Waals surface area (Å²) >= 11 is 4.13. The average Bonchev–Trinajstić information content (AvgIpc) is 3.90. The summed E-state index contributed by atoms with van der Waals surface area (Å²) in [4.78, 5) is 78.9. The second-order valence-corrected chi connectivity index (χ2v) is 13.4. The van der Waals surface area contributed by atoms with E-state index in [1.165, 1.54) is 4.90 Å². The Labute approximate surface area is 311 Å². The molecule has 1 aliphatic heterocycles. The van der Waals surface area contributed by atoms with Crippen molar-refractivity contribution in [2.75, 3.05) is 18.8 Å². The summed E-state index contributed by atoms with van der Waals surface area (Å²) < 4.78 is 0. The van der Waals surface area contributed by atoms with E-state index in [-0.39, 0.29) is 50.5 Å². The number of aliphatic carboxylic acids is 1. The summed E-state index contributed by atoms with van der Waals surface area (Å²) in [5, 5.41) is 19.8. The van der Waals surface area contributed by atoms with Gasteiger partial charge in [-0.05, 0) is 48.9 Å². The van der Waals surface area contributed by atoms with Crippen molar-refractivity contribution in [3.8, 4) is 0 Å². The van der Waals surface area contributed by atoms with Gasteiger partial charge in [0, 0.05) is 65.9 Å². The van der Waals surface area contributed by atoms with Crippen LogP contribution >= 0.6 is 12.6 Å². The number of fused-ring (bicyclic) bond motifs is 2. The number of para-hydroxylation sites is 2. The van der Waals surface area contributed by atoms with Crippen LogP contribution in [0, 0.1) is 0 Å². The number of amides is 4. The number of nitrogens with one attached hydrogen (secondary N) is 5. The third-order valence-electron chi connectivity index (χ3n) is 9.38. The monoisotopic (exact) mass is 746 g/mol. The lowest BCUT2D eigenvalue weighted by molar-refractivity contribution is -0.143. The number of benzene rings is 2. The van der Waals surface area contributed by atoms with E-state index in [0.29, 0.717) is 12.8 Å². The maximum Gasteiger partial charge on any atom is 0.326 e. The molecule has 16 nitrogen and oxygen atoms in total. The summed E-state index contributed by atoms with van der Waals surface area (Å²) in [5.74, 6) is -3.65. The Bertz CT molecular complexity index is 1970. The molecule has 1 aliphatic rings. The molecule has 5 rings (SSSR count). The van der Waals surface area contributed by atoms with Crippen molar-refractivity contribution in [2.24, 2.45) is 22.2 Å². The van der Waals surface area contributed by atoms with Crippen LogP contribution in [0.1, 0.15) is 36.8 Å². The van der Waals surface area contributed by atoms with E-state index in [4.69, 9.17) is 17.2 Å². The van der Waals surface area contributed by atoms with Gasteiger partial charge >= 0.3 is 5.97 Å². The molecule has 0 unspecified atom stereocenters. The van der Waals surface area contributed by atoms with Crippen molar-refractivity contribution in [3.63, 3.8) is 0 Å². The predicted molar refractivity (Wildman–Crippen MR) is 204 cm³/mol. The smallest absolute Gasteiger partial charge is 0.326 e. The minimum atomic E-state index is -1.28. The first-order valence-electron chi connectivity index (χ1n) is 17.4. The standard InChI is InChI=1S/C36H46N10O6S/c37-24(19-53)31(47)45-29(16-21-18-42-26-10-4-2-8-23(21)26)34(50)46-14-6-12-30(46)33(49)44-28(15-20-17-41-25-9-3-1-7-22(20)25)32(48)43-27(35(51)52)11-5-13-40-36(38)39/h1-4,7-10,17-18,24,27-30,41-42,53H,5-6,11-16,19,37H2,(H,43,48)(H,44,49)(H,45,47)(H,51,52)(H4,38,39,40)/t24-,27-,28-,29-,30-/m0/s1. The van der Waals surface area contributed by atoms with Gasteiger partial charge in [-0.25, -0.2) is 4.79 Å². The van der Waals surface area contributed by atoms with E-state index in [1.54, 1.807) is 12.4 Å². The van der Waals surface area contributed by atoms with Crippen molar-refractivity contribution >= 4 is 70.0 Å². The molecule has 17 heteroatoms. The van der Waals surface area contributed by atoms with Crippen molar-refractivity contribution in [2.45, 2.75) is 68.7 Å². The molecule has 0 aliphatic carbocycles. The van der Waals surface area contributed by atoms with Crippen molar-refractivity contribution in [1.82, 2.24) is 30.8 Å². The molecule has 0 saturated carbocycles. The van der Waals surface area contributed by atoms with E-state index in [2.05, 4.69) is 43.5 Å². The van der Waals surface area contributed by atoms with Crippen LogP contribution in [0.3, 0.4) is 0 Å². The van der Waals surface area contributed by atoms with Crippen molar-refractivity contribution in [1.29, 1.82) is 0 Å². The van der Waals surface area contributed by atoms with Crippen LogP contribution in [0.4, 0.5) is 0 Å². The third-order valence-corrected chi connectivity index (χ3v) is 9.77. The van der Waals surface area contributed by atoms with Gasteiger partial charge in [0.25, 0.3) is 0 Å². The number of carbonyl (C=O) groups is 5. The van der Waals surface area contributed by atoms with Gasteiger partial charge < -0.3 is 53.1 Å². The number of aliphatic imine (C=N–C) groups is 1. The highest BCUT2D eigenvalue weighted by Crippen LogP contribution is 2.24. The molecule has 12 N–H and O–H groups in total. The Hall–Kier alpha value is -5.55. The number of carboxylic acids is 1. The SMILES string of the molecule is NC(N)=NCCC[C@H](NC(=O)[C@H](Cc1c[nH]c2ccccc12)NC(=O)[C@@H]1CCCN1C(=O)[C@H](Cc1c[nH]c2ccccc12)NC(=O)[C@@H](N)CS)C(=O)O. The molecule has 1 saturated heterocycles. The summed E-state index contributed by atoms with van der Waals surface area (Å²) in [6.07, 6.45) is 4.81. The maximum atomic E-state index is 14.3. The molecular formula is C36H46N10O6S. The van der Waals surface area contributed by atoms with E-state index in [0.717, 1.165) is 32.9 Å². The summed E-state index contributed by atoms with van der Waals surface area (Å²) in [6.45, 7) is 0.414. The number of hydrogen-bond donors (Lipinski definition) is 10. The van der Waals surface area contributed by atoms with Gasteiger partial charge in [0.15, 0.2) is 5.96 Å². The fraction of sp³-hybridized carbons (Fsp3) is 0.389. The zero-order chi connectivity index (χ0) is 38.1. The van der Waals surface area contributed by atoms with Crippen LogP contribution in [-0.4, -0.2) is 105 Å². The van der Waals surface area contributed by atoms with Crippen LogP contribution in [-0.2, 0) is 36.8 Å². The van der Waals surface area contributed by atoms with Crippen LogP contribution in [0.25, 0.3) is 21.8 Å². The Morgan fingerprint density at radius 1 is 0.868 bits per heavy atom. The maximum absolute atomic E-state index is 14.3. The fourth-order valence-corrected chi connectivity index (χ4v) is 6.78. The first-order valence-corrected chi connectivity index (χ1v) is 18.1. The number of carbonyl (C=O) groups excluding carboxylic acids is 4. The van der Waals surface area contributed by atoms with Crippen molar-refractivity contribution < 1.29 is 29.1 Å². The van der Waals surface area contributed by atoms with E-state index in [1.807, 2.05) is 48.5 Å². The molecule has 2 aromatic carbocycles. The molecule has 4 aromatic rings. The third kappa shape index (κ3) is 9.66. The Morgan fingerprint density at radius 2 is 1.45 bits per heavy atom. The Kier molecular flexibility index (Phi) is 13.0. The molecule has 5 atom stereocenters. The molecule has 4 amide bonds. The zero-order valence-electron chi connectivity index (χ0n) is 29.1. The van der Waals surface area contributed by atoms with Crippen LogP contribution in [0.5, 0.6) is 0 Å². The minimum absolute atomic E-state index is 0.0312. The second kappa shape index (κ2) is 17.8. The first-order chi connectivity index (χ1) is 25.5. The number of hydrogen-bond acceptors (Lipinski definition) is 8. The molecule has 0 radical (unpaired) electrons. The van der Waals surface area contributed by atoms with Gasteiger partial charge in [-0.3, -0.25) is 24.2 Å². The van der Waals surface area contributed by atoms with Crippen LogP contribution in [0.2, 0.25) is 0 Å². The number of rotatable bonds is 17. The number of aromatic amines is 2. The molecule has 1 fully saturated rings. The van der Waals surface area contributed by atoms with Crippen molar-refractivity contribution in [3.05, 3.63) is 72.1 Å². The molecule has 0 bridgehead atoms. The quantitative estimate of drug-likeness (QED) is 0.0307. The largest absolute Gasteiger partial charge is 0.480 e. The summed E-state index contributed by atoms with van der Waals surface area (Å²) in [5.41, 5.74) is 19.9. The number of nitrogens with two attached hydrogens (primary N) is 3. The van der Waals surface area contributed by atoms with E-state index >= 15 is 0 Å². The van der Waals surface area contributed by atoms with Gasteiger partial charge in [-0.1, -0.05) is 36.4 Å². The van der Waals surface area contributed by atoms with Gasteiger partial charge in [-0.2, -0.15) is 12.6 Å². The number of guanidine groups is 1. The second-order valence-electron chi connectivity index (χ2n) is 13.1. The molecule has 53 heavy (non-hydrogen) atoms. The normalized spacial score (nSPS) is 16.4. The van der Waals surface area contributed by atoms with Crippen LogP contribution < -0.4 is 33.2 Å². The highest BCUT2D eigenvalue weighted by molar-refractivity contribution is 7.80. The Morgan fingerprint density at radius 3 is 2.04 bits per heavy atom. The lowest BCUT2D eigenvalue weighted by Crippen LogP contribution is -2.59. The highest BCUT2D eigenvalue weighted by atomic mass is 32.1. The molecule has 2 aromatic heterocycles.